The molecule has 1 aromatic heterocycles. The quantitative estimate of drug-likeness (QED) is 0.589. The fourth-order valence-corrected chi connectivity index (χ4v) is 1.49. The third-order valence-electron chi connectivity index (χ3n) is 2.30. The van der Waals surface area contributed by atoms with Gasteiger partial charge in [0, 0.05) is 5.56 Å². The minimum Gasteiger partial charge on any atom is -0.465 e. The summed E-state index contributed by atoms with van der Waals surface area (Å²) >= 11 is 0. The predicted octanol–water partition coefficient (Wildman–Crippen LogP) is 1.45. The molecule has 0 radical (unpaired) electrons. The summed E-state index contributed by atoms with van der Waals surface area (Å²) in [5.41, 5.74) is 8.15. The second-order valence-corrected chi connectivity index (χ2v) is 3.22. The molecule has 3 N–H and O–H groups in total. The Balaban J connectivity index is 2.53. The summed E-state index contributed by atoms with van der Waals surface area (Å²) in [4.78, 5) is 18.3. The highest BCUT2D eigenvalue weighted by Gasteiger charge is 2.13. The highest BCUT2D eigenvalue weighted by Crippen LogP contribution is 2.26. The standard InChI is InChI=1S/C11H11N3O2/c1-16-11(15)8-4-2-3-7(10(8)12)9-5-13-6-14-9/h2-6H,12H2,1H3,(H,13,14). The maximum absolute atomic E-state index is 11.4. The molecule has 0 unspecified atom stereocenters. The second kappa shape index (κ2) is 4.06. The molecule has 2 aromatic rings. The van der Waals surface area contributed by atoms with Crippen molar-refractivity contribution < 1.29 is 9.53 Å². The topological polar surface area (TPSA) is 81.0 Å². The number of aromatic amines is 1. The number of hydrogen-bond donors (Lipinski definition) is 2. The minimum absolute atomic E-state index is 0.356. The van der Waals surface area contributed by atoms with Crippen molar-refractivity contribution in [1.29, 1.82) is 0 Å². The lowest BCUT2D eigenvalue weighted by Gasteiger charge is -2.07. The molecule has 5 heteroatoms. The van der Waals surface area contributed by atoms with Gasteiger partial charge in [-0.2, -0.15) is 0 Å². The number of nitrogens with zero attached hydrogens (tertiary/aromatic N) is 1. The lowest BCUT2D eigenvalue weighted by atomic mass is 10.1. The maximum atomic E-state index is 11.4. The van der Waals surface area contributed by atoms with Crippen molar-refractivity contribution in [2.24, 2.45) is 0 Å². The van der Waals surface area contributed by atoms with Crippen molar-refractivity contribution in [2.45, 2.75) is 0 Å². The highest BCUT2D eigenvalue weighted by molar-refractivity contribution is 5.98. The number of anilines is 1. The van der Waals surface area contributed by atoms with Crippen LogP contribution in [0.15, 0.2) is 30.7 Å². The SMILES string of the molecule is COC(=O)c1cccc(-c2cnc[nH]2)c1N. The van der Waals surface area contributed by atoms with E-state index < -0.39 is 5.97 Å². The first-order valence-corrected chi connectivity index (χ1v) is 4.69. The van der Waals surface area contributed by atoms with E-state index in [1.807, 2.05) is 6.07 Å². The number of nitrogens with two attached hydrogens (primary N) is 1. The van der Waals surface area contributed by atoms with Gasteiger partial charge in [0.2, 0.25) is 0 Å². The predicted molar refractivity (Wildman–Crippen MR) is 59.8 cm³/mol. The number of esters is 1. The number of methoxy groups -OCH3 is 1. The number of hydrogen-bond acceptors (Lipinski definition) is 4. The van der Waals surface area contributed by atoms with E-state index in [1.54, 1.807) is 24.7 Å². The van der Waals surface area contributed by atoms with Gasteiger partial charge in [0.05, 0.1) is 36.6 Å². The zero-order valence-corrected chi connectivity index (χ0v) is 8.73. The number of carbonyl (C=O) groups excluding carboxylic acids is 1. The summed E-state index contributed by atoms with van der Waals surface area (Å²) in [6, 6.07) is 5.19. The van der Waals surface area contributed by atoms with Crippen molar-refractivity contribution in [3.63, 3.8) is 0 Å². The van der Waals surface area contributed by atoms with Crippen LogP contribution in [-0.2, 0) is 4.74 Å². The molecule has 5 nitrogen and oxygen atoms in total. The van der Waals surface area contributed by atoms with Gasteiger partial charge in [-0.1, -0.05) is 12.1 Å². The first-order valence-electron chi connectivity index (χ1n) is 4.69. The molecule has 0 fully saturated rings. The zero-order valence-electron chi connectivity index (χ0n) is 8.73. The van der Waals surface area contributed by atoms with Crippen LogP contribution in [0.2, 0.25) is 0 Å². The molecule has 0 spiro atoms. The molecule has 0 aliphatic heterocycles. The lowest BCUT2D eigenvalue weighted by molar-refractivity contribution is 0.0602. The Morgan fingerprint density at radius 3 is 2.94 bits per heavy atom. The van der Waals surface area contributed by atoms with Gasteiger partial charge >= 0.3 is 5.97 Å². The number of imidazole rings is 1. The van der Waals surface area contributed by atoms with Crippen LogP contribution >= 0.6 is 0 Å². The van der Waals surface area contributed by atoms with Gasteiger partial charge in [0.25, 0.3) is 0 Å². The highest BCUT2D eigenvalue weighted by atomic mass is 16.5. The molecule has 0 aliphatic rings. The normalized spacial score (nSPS) is 10.1. The van der Waals surface area contributed by atoms with Gasteiger partial charge < -0.3 is 15.5 Å². The molecule has 0 saturated heterocycles. The van der Waals surface area contributed by atoms with Crippen molar-refractivity contribution in [1.82, 2.24) is 9.97 Å². The number of nitrogen functional groups attached to an aromatic ring is 1. The van der Waals surface area contributed by atoms with Crippen LogP contribution in [0.1, 0.15) is 10.4 Å². The fourth-order valence-electron chi connectivity index (χ4n) is 1.49. The van der Waals surface area contributed by atoms with Gasteiger partial charge in [-0.25, -0.2) is 9.78 Å². The number of aromatic nitrogens is 2. The molecule has 2 rings (SSSR count). The molecule has 0 atom stereocenters. The number of H-pyrrole nitrogens is 1. The average Bonchev–Trinajstić information content (AvgIpc) is 2.82. The average molecular weight is 217 g/mol. The van der Waals surface area contributed by atoms with E-state index in [4.69, 9.17) is 5.73 Å². The zero-order chi connectivity index (χ0) is 11.5. The van der Waals surface area contributed by atoms with E-state index in [9.17, 15) is 4.79 Å². The summed E-state index contributed by atoms with van der Waals surface area (Å²) in [7, 11) is 1.32. The van der Waals surface area contributed by atoms with Crippen LogP contribution in [0.3, 0.4) is 0 Å². The molecule has 1 heterocycles. The van der Waals surface area contributed by atoms with Crippen molar-refractivity contribution in [3.8, 4) is 11.3 Å². The van der Waals surface area contributed by atoms with E-state index >= 15 is 0 Å². The van der Waals surface area contributed by atoms with Crippen LogP contribution in [0.5, 0.6) is 0 Å². The van der Waals surface area contributed by atoms with Gasteiger partial charge in [-0.3, -0.25) is 0 Å². The largest absolute Gasteiger partial charge is 0.465 e. The van der Waals surface area contributed by atoms with E-state index in [0.717, 1.165) is 11.3 Å². The molecule has 16 heavy (non-hydrogen) atoms. The number of nitrogens with one attached hydrogen (secondary N) is 1. The van der Waals surface area contributed by atoms with E-state index in [2.05, 4.69) is 14.7 Å². The molecule has 0 aliphatic carbocycles. The maximum Gasteiger partial charge on any atom is 0.339 e. The van der Waals surface area contributed by atoms with Crippen LogP contribution < -0.4 is 5.73 Å². The smallest absolute Gasteiger partial charge is 0.339 e. The number of para-hydroxylation sites is 1. The molecule has 0 saturated carbocycles. The van der Waals surface area contributed by atoms with E-state index in [0.29, 0.717) is 11.3 Å². The Hall–Kier alpha value is -2.30. The summed E-state index contributed by atoms with van der Waals surface area (Å²) in [6.45, 7) is 0. The van der Waals surface area contributed by atoms with Gasteiger partial charge in [-0.05, 0) is 6.07 Å². The molecular formula is C11H11N3O2. The summed E-state index contributed by atoms with van der Waals surface area (Å²) in [5.74, 6) is -0.445. The van der Waals surface area contributed by atoms with Crippen LogP contribution in [-0.4, -0.2) is 23.0 Å². The molecule has 1 aromatic carbocycles. The lowest BCUT2D eigenvalue weighted by Crippen LogP contribution is -2.06. The Kier molecular flexibility index (Phi) is 2.59. The third kappa shape index (κ3) is 1.63. The van der Waals surface area contributed by atoms with Crippen LogP contribution in [0.4, 0.5) is 5.69 Å². The summed E-state index contributed by atoms with van der Waals surface area (Å²) in [6.07, 6.45) is 3.20. The first-order chi connectivity index (χ1) is 7.74. The van der Waals surface area contributed by atoms with Crippen LogP contribution in [0.25, 0.3) is 11.3 Å². The Labute approximate surface area is 92.3 Å². The van der Waals surface area contributed by atoms with Crippen LogP contribution in [0, 0.1) is 0 Å². The fraction of sp³-hybridized carbons (Fsp3) is 0.0909. The van der Waals surface area contributed by atoms with E-state index in [1.165, 1.54) is 7.11 Å². The summed E-state index contributed by atoms with van der Waals surface area (Å²) in [5, 5.41) is 0. The Morgan fingerprint density at radius 2 is 2.31 bits per heavy atom. The Morgan fingerprint density at radius 1 is 1.50 bits per heavy atom. The molecule has 0 amide bonds. The third-order valence-corrected chi connectivity index (χ3v) is 2.30. The summed E-state index contributed by atoms with van der Waals surface area (Å²) < 4.78 is 4.64. The molecular weight excluding hydrogens is 206 g/mol. The number of rotatable bonds is 2. The first kappa shape index (κ1) is 10.2. The van der Waals surface area contributed by atoms with Gasteiger partial charge in [0.15, 0.2) is 0 Å². The van der Waals surface area contributed by atoms with Gasteiger partial charge in [0.1, 0.15) is 0 Å². The Bertz CT molecular complexity index is 506. The van der Waals surface area contributed by atoms with Crippen molar-refractivity contribution in [2.75, 3.05) is 12.8 Å². The number of benzene rings is 1. The molecule has 0 bridgehead atoms. The van der Waals surface area contributed by atoms with Gasteiger partial charge in [-0.15, -0.1) is 0 Å². The second-order valence-electron chi connectivity index (χ2n) is 3.22. The minimum atomic E-state index is -0.445. The molecule has 82 valence electrons. The number of ether oxygens (including phenoxy) is 1. The van der Waals surface area contributed by atoms with Crippen molar-refractivity contribution in [3.05, 3.63) is 36.3 Å². The number of carbonyl (C=O) groups is 1. The monoisotopic (exact) mass is 217 g/mol. The van der Waals surface area contributed by atoms with E-state index in [-0.39, 0.29) is 0 Å². The van der Waals surface area contributed by atoms with Crippen molar-refractivity contribution >= 4 is 11.7 Å².